The third-order valence-electron chi connectivity index (χ3n) is 4.31. The second-order valence-corrected chi connectivity index (χ2v) is 9.05. The molecule has 1 aromatic heterocycles. The second kappa shape index (κ2) is 9.96. The van der Waals surface area contributed by atoms with E-state index in [1.165, 1.54) is 30.5 Å². The summed E-state index contributed by atoms with van der Waals surface area (Å²) in [6.07, 6.45) is 2.45. The summed E-state index contributed by atoms with van der Waals surface area (Å²) in [7, 11) is -3.75. The van der Waals surface area contributed by atoms with E-state index in [0.717, 1.165) is 18.4 Å². The maximum Gasteiger partial charge on any atom is 0.248 e. The largest absolute Gasteiger partial charge is 0.366 e. The lowest BCUT2D eigenvalue weighted by Gasteiger charge is -2.14. The molecule has 3 aromatic rings. The first-order valence-corrected chi connectivity index (χ1v) is 11.7. The molecule has 0 saturated heterocycles. The number of anilines is 4. The molecule has 0 bridgehead atoms. The Morgan fingerprint density at radius 2 is 1.94 bits per heavy atom. The van der Waals surface area contributed by atoms with E-state index in [1.807, 2.05) is 0 Å². The quantitative estimate of drug-likeness (QED) is 0.356. The summed E-state index contributed by atoms with van der Waals surface area (Å²) in [5.41, 5.74) is 5.36. The van der Waals surface area contributed by atoms with Crippen LogP contribution in [0, 0.1) is 11.6 Å². The van der Waals surface area contributed by atoms with Gasteiger partial charge in [-0.1, -0.05) is 23.7 Å². The minimum Gasteiger partial charge on any atom is -0.366 e. The van der Waals surface area contributed by atoms with Crippen LogP contribution in [0.25, 0.3) is 0 Å². The highest BCUT2D eigenvalue weighted by molar-refractivity contribution is 7.92. The fraction of sp³-hybridized carbons (Fsp3) is 0.150. The van der Waals surface area contributed by atoms with E-state index in [9.17, 15) is 22.0 Å². The number of halogens is 3. The number of nitrogens with two attached hydrogens (primary N) is 1. The number of sulfonamides is 1. The topological polar surface area (TPSA) is 139 Å². The second-order valence-electron chi connectivity index (χ2n) is 6.90. The SMILES string of the molecule is CS(=O)(=O)Nc1c(F)cccc1Nc1nc(NCCc2ccc(C(N)=O)cc2F)ncc1Cl. The summed E-state index contributed by atoms with van der Waals surface area (Å²) in [6.45, 7) is 0.245. The Hall–Kier alpha value is -3.51. The van der Waals surface area contributed by atoms with Crippen LogP contribution in [0.4, 0.5) is 31.9 Å². The van der Waals surface area contributed by atoms with Gasteiger partial charge in [-0.2, -0.15) is 4.98 Å². The molecule has 1 heterocycles. The van der Waals surface area contributed by atoms with Crippen molar-refractivity contribution in [1.82, 2.24) is 9.97 Å². The highest BCUT2D eigenvalue weighted by Crippen LogP contribution is 2.31. The zero-order valence-corrected chi connectivity index (χ0v) is 18.8. The predicted molar refractivity (Wildman–Crippen MR) is 122 cm³/mol. The fourth-order valence-electron chi connectivity index (χ4n) is 2.80. The lowest BCUT2D eigenvalue weighted by atomic mass is 10.1. The summed E-state index contributed by atoms with van der Waals surface area (Å²) in [5.74, 6) is -1.84. The van der Waals surface area contributed by atoms with E-state index in [2.05, 4.69) is 25.3 Å². The number of amides is 1. The van der Waals surface area contributed by atoms with Crippen LogP contribution in [-0.4, -0.2) is 37.1 Å². The highest BCUT2D eigenvalue weighted by Gasteiger charge is 2.15. The molecular formula is C20H19ClF2N6O3S. The molecule has 0 aliphatic carbocycles. The average Bonchev–Trinajstić information content (AvgIpc) is 2.73. The Morgan fingerprint density at radius 3 is 2.61 bits per heavy atom. The molecule has 0 unspecified atom stereocenters. The molecule has 13 heteroatoms. The van der Waals surface area contributed by atoms with Crippen LogP contribution in [0.15, 0.2) is 42.6 Å². The Balaban J connectivity index is 1.73. The number of carbonyl (C=O) groups excluding carboxylic acids is 1. The van der Waals surface area contributed by atoms with Gasteiger partial charge in [0.05, 0.1) is 18.1 Å². The summed E-state index contributed by atoms with van der Waals surface area (Å²) in [4.78, 5) is 19.4. The maximum absolute atomic E-state index is 14.2. The van der Waals surface area contributed by atoms with Crippen molar-refractivity contribution in [3.8, 4) is 0 Å². The molecule has 9 nitrogen and oxygen atoms in total. The number of hydrogen-bond donors (Lipinski definition) is 4. The molecule has 0 fully saturated rings. The van der Waals surface area contributed by atoms with E-state index in [1.54, 1.807) is 0 Å². The molecule has 0 atom stereocenters. The standard InChI is InChI=1S/C20H19ClF2N6O3S/c1-33(31,32)29-17-14(22)3-2-4-16(17)27-19-13(21)10-26-20(28-19)25-8-7-11-5-6-12(18(24)30)9-15(11)23/h2-6,9-10,29H,7-8H2,1H3,(H2,24,30)(H2,25,26,27,28). The Morgan fingerprint density at radius 1 is 1.18 bits per heavy atom. The third-order valence-corrected chi connectivity index (χ3v) is 5.16. The van der Waals surface area contributed by atoms with Crippen molar-refractivity contribution in [2.24, 2.45) is 5.73 Å². The van der Waals surface area contributed by atoms with Crippen molar-refractivity contribution in [3.63, 3.8) is 0 Å². The van der Waals surface area contributed by atoms with Gasteiger partial charge in [0, 0.05) is 12.1 Å². The normalized spacial score (nSPS) is 11.2. The van der Waals surface area contributed by atoms with Crippen molar-refractivity contribution in [3.05, 3.63) is 70.4 Å². The lowest BCUT2D eigenvalue weighted by Crippen LogP contribution is -2.14. The summed E-state index contributed by atoms with van der Waals surface area (Å²) < 4.78 is 53.6. The number of rotatable bonds is 9. The number of para-hydroxylation sites is 1. The van der Waals surface area contributed by atoms with Gasteiger partial charge < -0.3 is 16.4 Å². The van der Waals surface area contributed by atoms with E-state index in [4.69, 9.17) is 17.3 Å². The monoisotopic (exact) mass is 496 g/mol. The molecule has 174 valence electrons. The van der Waals surface area contributed by atoms with Crippen molar-refractivity contribution >= 4 is 50.7 Å². The van der Waals surface area contributed by atoms with Crippen molar-refractivity contribution in [2.45, 2.75) is 6.42 Å². The average molecular weight is 497 g/mol. The zero-order chi connectivity index (χ0) is 24.2. The van der Waals surface area contributed by atoms with Crippen molar-refractivity contribution < 1.29 is 22.0 Å². The molecule has 1 amide bonds. The number of primary amides is 1. The number of nitrogens with one attached hydrogen (secondary N) is 3. The molecule has 0 saturated carbocycles. The van der Waals surface area contributed by atoms with Gasteiger partial charge in [-0.05, 0) is 36.2 Å². The molecule has 33 heavy (non-hydrogen) atoms. The Labute approximate surface area is 193 Å². The first-order chi connectivity index (χ1) is 15.5. The van der Waals surface area contributed by atoms with E-state index >= 15 is 0 Å². The molecule has 5 N–H and O–H groups in total. The fourth-order valence-corrected chi connectivity index (χ4v) is 3.51. The minimum absolute atomic E-state index is 0.0723. The van der Waals surface area contributed by atoms with Gasteiger partial charge >= 0.3 is 0 Å². The van der Waals surface area contributed by atoms with Crippen LogP contribution >= 0.6 is 11.6 Å². The van der Waals surface area contributed by atoms with Gasteiger partial charge in [-0.3, -0.25) is 9.52 Å². The maximum atomic E-state index is 14.2. The van der Waals surface area contributed by atoms with Gasteiger partial charge in [0.15, 0.2) is 5.82 Å². The van der Waals surface area contributed by atoms with Crippen LogP contribution in [-0.2, 0) is 16.4 Å². The third kappa shape index (κ3) is 6.49. The number of benzene rings is 2. The molecule has 0 spiro atoms. The van der Waals surface area contributed by atoms with E-state index in [0.29, 0.717) is 5.56 Å². The number of nitrogens with zero attached hydrogens (tertiary/aromatic N) is 2. The molecule has 0 radical (unpaired) electrons. The van der Waals surface area contributed by atoms with Crippen LogP contribution in [0.2, 0.25) is 5.02 Å². The van der Waals surface area contributed by atoms with Crippen molar-refractivity contribution in [1.29, 1.82) is 0 Å². The van der Waals surface area contributed by atoms with Gasteiger partial charge in [0.25, 0.3) is 0 Å². The Kier molecular flexibility index (Phi) is 7.29. The van der Waals surface area contributed by atoms with Crippen LogP contribution in [0.5, 0.6) is 0 Å². The van der Waals surface area contributed by atoms with Crippen molar-refractivity contribution in [2.75, 3.05) is 28.2 Å². The molecular weight excluding hydrogens is 478 g/mol. The zero-order valence-electron chi connectivity index (χ0n) is 17.2. The van der Waals surface area contributed by atoms with Crippen LogP contribution in [0.1, 0.15) is 15.9 Å². The molecule has 3 rings (SSSR count). The summed E-state index contributed by atoms with van der Waals surface area (Å²) in [6, 6.07) is 7.90. The first-order valence-electron chi connectivity index (χ1n) is 9.41. The van der Waals surface area contributed by atoms with E-state index in [-0.39, 0.29) is 46.7 Å². The number of hydrogen-bond acceptors (Lipinski definition) is 7. The minimum atomic E-state index is -3.75. The van der Waals surface area contributed by atoms with Gasteiger partial charge in [-0.15, -0.1) is 0 Å². The first kappa shape index (κ1) is 24.1. The summed E-state index contributed by atoms with van der Waals surface area (Å²) >= 11 is 6.13. The van der Waals surface area contributed by atoms with Crippen LogP contribution < -0.4 is 21.1 Å². The highest BCUT2D eigenvalue weighted by atomic mass is 35.5. The van der Waals surface area contributed by atoms with Gasteiger partial charge in [0.1, 0.15) is 22.3 Å². The molecule has 0 aliphatic heterocycles. The van der Waals surface area contributed by atoms with Gasteiger partial charge in [-0.25, -0.2) is 22.2 Å². The van der Waals surface area contributed by atoms with Gasteiger partial charge in [0.2, 0.25) is 21.9 Å². The molecule has 0 aliphatic rings. The lowest BCUT2D eigenvalue weighted by molar-refractivity contribution is 0.1000. The predicted octanol–water partition coefficient (Wildman–Crippen LogP) is 3.28. The summed E-state index contributed by atoms with van der Waals surface area (Å²) in [5, 5.41) is 5.80. The number of aromatic nitrogens is 2. The smallest absolute Gasteiger partial charge is 0.248 e. The van der Waals surface area contributed by atoms with E-state index < -0.39 is 27.6 Å². The van der Waals surface area contributed by atoms with Crippen LogP contribution in [0.3, 0.4) is 0 Å². The Bertz CT molecular complexity index is 1310. The molecule has 2 aromatic carbocycles. The number of carbonyl (C=O) groups is 1.